The van der Waals surface area contributed by atoms with Crippen LogP contribution in [0, 0.1) is 5.92 Å². The van der Waals surface area contributed by atoms with E-state index in [4.69, 9.17) is 0 Å². The minimum absolute atomic E-state index is 0.631. The topological polar surface area (TPSA) is 29.9 Å². The molecule has 0 bridgehead atoms. The van der Waals surface area contributed by atoms with Gasteiger partial charge in [0.2, 0.25) is 5.95 Å². The lowest BCUT2D eigenvalue weighted by molar-refractivity contribution is 0.315. The molecule has 2 unspecified atom stereocenters. The van der Waals surface area contributed by atoms with Crippen LogP contribution in [-0.2, 0) is 6.54 Å². The van der Waals surface area contributed by atoms with Gasteiger partial charge in [0.15, 0.2) is 0 Å². The van der Waals surface area contributed by atoms with Gasteiger partial charge in [-0.05, 0) is 25.2 Å². The molecule has 0 amide bonds. The molecule has 1 aromatic heterocycles. The van der Waals surface area contributed by atoms with Crippen molar-refractivity contribution in [1.82, 2.24) is 9.55 Å². The zero-order valence-electron chi connectivity index (χ0n) is 11.9. The van der Waals surface area contributed by atoms with Gasteiger partial charge in [-0.25, -0.2) is 4.98 Å². The summed E-state index contributed by atoms with van der Waals surface area (Å²) in [4.78, 5) is 4.48. The second-order valence-electron chi connectivity index (χ2n) is 5.50. The Morgan fingerprint density at radius 3 is 2.94 bits per heavy atom. The van der Waals surface area contributed by atoms with Crippen LogP contribution in [0.25, 0.3) is 0 Å². The third-order valence-electron chi connectivity index (χ3n) is 4.22. The molecule has 0 aromatic carbocycles. The summed E-state index contributed by atoms with van der Waals surface area (Å²) in [5.74, 6) is 1.91. The van der Waals surface area contributed by atoms with Crippen molar-refractivity contribution in [1.29, 1.82) is 0 Å². The van der Waals surface area contributed by atoms with Crippen LogP contribution in [0.1, 0.15) is 58.8 Å². The van der Waals surface area contributed by atoms with E-state index in [9.17, 15) is 0 Å². The third-order valence-corrected chi connectivity index (χ3v) is 4.22. The second-order valence-corrected chi connectivity index (χ2v) is 5.50. The van der Waals surface area contributed by atoms with Crippen LogP contribution in [0.4, 0.5) is 5.95 Å². The fraction of sp³-hybridized carbons (Fsp3) is 0.800. The van der Waals surface area contributed by atoms with Crippen LogP contribution in [0.3, 0.4) is 0 Å². The Hall–Kier alpha value is -0.990. The van der Waals surface area contributed by atoms with Gasteiger partial charge in [-0.15, -0.1) is 0 Å². The lowest BCUT2D eigenvalue weighted by atomic mass is 9.83. The lowest BCUT2D eigenvalue weighted by Crippen LogP contribution is -2.32. The molecule has 1 aliphatic carbocycles. The number of anilines is 1. The first-order valence-electron chi connectivity index (χ1n) is 7.62. The lowest BCUT2D eigenvalue weighted by Gasteiger charge is -2.32. The molecule has 2 atom stereocenters. The molecule has 1 N–H and O–H groups in total. The van der Waals surface area contributed by atoms with E-state index in [2.05, 4.69) is 34.9 Å². The van der Waals surface area contributed by atoms with Crippen LogP contribution < -0.4 is 5.32 Å². The summed E-state index contributed by atoms with van der Waals surface area (Å²) in [5, 5.41) is 3.69. The largest absolute Gasteiger partial charge is 0.353 e. The molecule has 0 aliphatic heterocycles. The summed E-state index contributed by atoms with van der Waals surface area (Å²) >= 11 is 0. The molecule has 3 heteroatoms. The molecule has 3 nitrogen and oxygen atoms in total. The molecule has 0 saturated heterocycles. The maximum Gasteiger partial charge on any atom is 0.202 e. The molecule has 1 aliphatic rings. The number of imidazole rings is 1. The minimum atomic E-state index is 0.631. The highest BCUT2D eigenvalue weighted by Crippen LogP contribution is 2.29. The monoisotopic (exact) mass is 249 g/mol. The maximum atomic E-state index is 4.48. The van der Waals surface area contributed by atoms with Crippen LogP contribution >= 0.6 is 0 Å². The van der Waals surface area contributed by atoms with E-state index in [1.54, 1.807) is 0 Å². The summed E-state index contributed by atoms with van der Waals surface area (Å²) in [7, 11) is 0. The van der Waals surface area contributed by atoms with Crippen molar-refractivity contribution in [2.24, 2.45) is 5.92 Å². The Morgan fingerprint density at radius 2 is 2.17 bits per heavy atom. The quantitative estimate of drug-likeness (QED) is 0.824. The average molecular weight is 249 g/mol. The van der Waals surface area contributed by atoms with E-state index < -0.39 is 0 Å². The van der Waals surface area contributed by atoms with E-state index in [-0.39, 0.29) is 0 Å². The van der Waals surface area contributed by atoms with Gasteiger partial charge in [-0.3, -0.25) is 0 Å². The maximum absolute atomic E-state index is 4.48. The van der Waals surface area contributed by atoms with Gasteiger partial charge in [0.1, 0.15) is 0 Å². The number of nitrogens with one attached hydrogen (secondary N) is 1. The molecule has 1 aromatic rings. The number of hydrogen-bond donors (Lipinski definition) is 1. The van der Waals surface area contributed by atoms with E-state index >= 15 is 0 Å². The van der Waals surface area contributed by atoms with Gasteiger partial charge >= 0.3 is 0 Å². The molecule has 1 heterocycles. The first-order valence-corrected chi connectivity index (χ1v) is 7.62. The highest BCUT2D eigenvalue weighted by Gasteiger charge is 2.24. The van der Waals surface area contributed by atoms with E-state index in [1.807, 2.05) is 6.20 Å². The number of nitrogens with zero attached hydrogens (tertiary/aromatic N) is 2. The zero-order valence-corrected chi connectivity index (χ0v) is 11.9. The predicted molar refractivity (Wildman–Crippen MR) is 76.8 cm³/mol. The normalized spacial score (nSPS) is 24.1. The number of unbranched alkanes of at least 4 members (excludes halogenated alkanes) is 1. The summed E-state index contributed by atoms with van der Waals surface area (Å²) in [5.41, 5.74) is 0. The molecule has 1 saturated carbocycles. The molecule has 102 valence electrons. The number of rotatable bonds is 6. The van der Waals surface area contributed by atoms with Gasteiger partial charge in [-0.1, -0.05) is 39.5 Å². The highest BCUT2D eigenvalue weighted by molar-refractivity contribution is 5.28. The summed E-state index contributed by atoms with van der Waals surface area (Å²) in [6.07, 6.45) is 13.2. The summed E-state index contributed by atoms with van der Waals surface area (Å²) < 4.78 is 2.27. The standard InChI is InChI=1S/C15H27N3/c1-3-5-11-18-12-10-16-15(18)17-14-9-7-6-8-13(14)4-2/h10,12-14H,3-9,11H2,1-2H3,(H,16,17). The van der Waals surface area contributed by atoms with Gasteiger partial charge in [0.05, 0.1) is 0 Å². The van der Waals surface area contributed by atoms with Crippen molar-refractivity contribution in [2.45, 2.75) is 71.4 Å². The Morgan fingerprint density at radius 1 is 1.33 bits per heavy atom. The molecule has 0 spiro atoms. The van der Waals surface area contributed by atoms with Crippen molar-refractivity contribution in [3.63, 3.8) is 0 Å². The Labute approximate surface area is 111 Å². The van der Waals surface area contributed by atoms with Crippen LogP contribution in [-0.4, -0.2) is 15.6 Å². The van der Waals surface area contributed by atoms with E-state index in [1.165, 1.54) is 44.9 Å². The molecule has 2 rings (SSSR count). The van der Waals surface area contributed by atoms with Gasteiger partial charge in [0.25, 0.3) is 0 Å². The first kappa shape index (κ1) is 13.4. The fourth-order valence-electron chi connectivity index (χ4n) is 3.01. The predicted octanol–water partition coefficient (Wildman–Crippen LogP) is 4.06. The average Bonchev–Trinajstić information content (AvgIpc) is 2.84. The van der Waals surface area contributed by atoms with Gasteiger partial charge in [-0.2, -0.15) is 0 Å². The van der Waals surface area contributed by atoms with E-state index in [0.29, 0.717) is 6.04 Å². The summed E-state index contributed by atoms with van der Waals surface area (Å²) in [6, 6.07) is 0.631. The Bertz CT molecular complexity index is 345. The van der Waals surface area contributed by atoms with Crippen molar-refractivity contribution in [2.75, 3.05) is 5.32 Å². The fourth-order valence-corrected chi connectivity index (χ4v) is 3.01. The first-order chi connectivity index (χ1) is 8.85. The molecular formula is C15H27N3. The number of aryl methyl sites for hydroxylation is 1. The van der Waals surface area contributed by atoms with Crippen molar-refractivity contribution >= 4 is 5.95 Å². The van der Waals surface area contributed by atoms with Crippen molar-refractivity contribution in [3.8, 4) is 0 Å². The third kappa shape index (κ3) is 3.27. The summed E-state index contributed by atoms with van der Waals surface area (Å²) in [6.45, 7) is 5.63. The van der Waals surface area contributed by atoms with Gasteiger partial charge in [0, 0.05) is 25.0 Å². The number of hydrogen-bond acceptors (Lipinski definition) is 2. The van der Waals surface area contributed by atoms with E-state index in [0.717, 1.165) is 18.4 Å². The van der Waals surface area contributed by atoms with Crippen LogP contribution in [0.2, 0.25) is 0 Å². The van der Waals surface area contributed by atoms with Crippen LogP contribution in [0.15, 0.2) is 12.4 Å². The molecular weight excluding hydrogens is 222 g/mol. The van der Waals surface area contributed by atoms with Gasteiger partial charge < -0.3 is 9.88 Å². The minimum Gasteiger partial charge on any atom is -0.353 e. The Kier molecular flexibility index (Phi) is 5.09. The highest BCUT2D eigenvalue weighted by atomic mass is 15.2. The smallest absolute Gasteiger partial charge is 0.202 e. The number of aromatic nitrogens is 2. The molecule has 0 radical (unpaired) electrons. The van der Waals surface area contributed by atoms with Crippen LogP contribution in [0.5, 0.6) is 0 Å². The second kappa shape index (κ2) is 6.81. The van der Waals surface area contributed by atoms with Crippen molar-refractivity contribution < 1.29 is 0 Å². The SMILES string of the molecule is CCCCn1ccnc1NC1CCCCC1CC. The zero-order chi connectivity index (χ0) is 12.8. The Balaban J connectivity index is 1.96. The molecule has 1 fully saturated rings. The van der Waals surface area contributed by atoms with Crippen molar-refractivity contribution in [3.05, 3.63) is 12.4 Å². The molecule has 18 heavy (non-hydrogen) atoms.